The zero-order valence-electron chi connectivity index (χ0n) is 14.9. The minimum atomic E-state index is -0.793. The van der Waals surface area contributed by atoms with Crippen LogP contribution < -0.4 is 0 Å². The van der Waals surface area contributed by atoms with Gasteiger partial charge < -0.3 is 10.0 Å². The van der Waals surface area contributed by atoms with Crippen molar-refractivity contribution < 1.29 is 9.90 Å². The van der Waals surface area contributed by atoms with Gasteiger partial charge in [-0.15, -0.1) is 11.3 Å². The van der Waals surface area contributed by atoms with E-state index in [9.17, 15) is 15.2 Å². The lowest BCUT2D eigenvalue weighted by Gasteiger charge is -2.40. The third-order valence-corrected chi connectivity index (χ3v) is 7.05. The van der Waals surface area contributed by atoms with Crippen LogP contribution >= 0.6 is 11.3 Å². The summed E-state index contributed by atoms with van der Waals surface area (Å²) in [6, 6.07) is 7.29. The number of carboxylic acid groups (broad SMARTS) is 1. The van der Waals surface area contributed by atoms with Crippen molar-refractivity contribution in [3.8, 4) is 6.07 Å². The van der Waals surface area contributed by atoms with E-state index in [0.717, 1.165) is 51.6 Å². The van der Waals surface area contributed by atoms with Gasteiger partial charge in [0.05, 0.1) is 11.5 Å². The molecule has 5 nitrogen and oxygen atoms in total. The minimum Gasteiger partial charge on any atom is -0.465 e. The average Bonchev–Trinajstić information content (AvgIpc) is 3.08. The molecule has 1 unspecified atom stereocenters. The first-order valence-electron chi connectivity index (χ1n) is 9.28. The minimum absolute atomic E-state index is 0.0833. The van der Waals surface area contributed by atoms with Crippen LogP contribution in [0, 0.1) is 11.3 Å². The highest BCUT2D eigenvalue weighted by Crippen LogP contribution is 2.42. The molecule has 1 N–H and O–H groups in total. The van der Waals surface area contributed by atoms with E-state index in [1.54, 1.807) is 16.2 Å². The number of rotatable bonds is 3. The van der Waals surface area contributed by atoms with Crippen LogP contribution in [0.15, 0.2) is 17.5 Å². The quantitative estimate of drug-likeness (QED) is 0.886. The van der Waals surface area contributed by atoms with Crippen molar-refractivity contribution in [1.29, 1.82) is 5.26 Å². The molecule has 136 valence electrons. The Morgan fingerprint density at radius 3 is 2.76 bits per heavy atom. The fourth-order valence-electron chi connectivity index (χ4n) is 4.44. The molecule has 3 rings (SSSR count). The Hall–Kier alpha value is -1.58. The first-order chi connectivity index (χ1) is 12.1. The average molecular weight is 362 g/mol. The Morgan fingerprint density at radius 1 is 1.44 bits per heavy atom. The smallest absolute Gasteiger partial charge is 0.407 e. The van der Waals surface area contributed by atoms with E-state index < -0.39 is 6.09 Å². The second-order valence-electron chi connectivity index (χ2n) is 7.29. The maximum absolute atomic E-state index is 11.5. The van der Waals surface area contributed by atoms with Gasteiger partial charge in [0.2, 0.25) is 0 Å². The van der Waals surface area contributed by atoms with E-state index in [1.165, 1.54) is 4.88 Å². The zero-order chi connectivity index (χ0) is 17.9. The highest BCUT2D eigenvalue weighted by molar-refractivity contribution is 7.10. The number of amides is 1. The molecule has 1 amide bonds. The Morgan fingerprint density at radius 2 is 2.20 bits per heavy atom. The lowest BCUT2D eigenvalue weighted by Crippen LogP contribution is -2.47. The highest BCUT2D eigenvalue weighted by atomic mass is 32.1. The second-order valence-corrected chi connectivity index (χ2v) is 8.24. The van der Waals surface area contributed by atoms with Crippen LogP contribution in [0.4, 0.5) is 4.79 Å². The number of nitriles is 1. The van der Waals surface area contributed by atoms with Crippen LogP contribution in [0.25, 0.3) is 0 Å². The van der Waals surface area contributed by atoms with Gasteiger partial charge in [-0.05, 0) is 50.0 Å². The predicted molar refractivity (Wildman–Crippen MR) is 98.9 cm³/mol. The van der Waals surface area contributed by atoms with Crippen LogP contribution in [-0.2, 0) is 5.41 Å². The van der Waals surface area contributed by atoms with E-state index in [-0.39, 0.29) is 11.5 Å². The lowest BCUT2D eigenvalue weighted by atomic mass is 9.72. The molecule has 1 aromatic rings. The number of hydrogen-bond donors (Lipinski definition) is 1. The zero-order valence-corrected chi connectivity index (χ0v) is 15.7. The third kappa shape index (κ3) is 3.68. The van der Waals surface area contributed by atoms with Gasteiger partial charge >= 0.3 is 6.09 Å². The summed E-state index contributed by atoms with van der Waals surface area (Å²) in [4.78, 5) is 16.8. The standard InChI is InChI=1S/C19H27N3O2S/c1-2-15-13-21(10-4-11-22(15)18(23)24)16-6-8-19(14-20,9-7-16)17-5-3-12-25-17/h3,5,12,15-16H,2,4,6-11,13H2,1H3,(H,23,24). The van der Waals surface area contributed by atoms with Crippen molar-refractivity contribution in [3.05, 3.63) is 22.4 Å². The molecule has 6 heteroatoms. The molecular weight excluding hydrogens is 334 g/mol. The van der Waals surface area contributed by atoms with Gasteiger partial charge in [-0.2, -0.15) is 5.26 Å². The van der Waals surface area contributed by atoms with Crippen LogP contribution in [0.1, 0.15) is 50.3 Å². The third-order valence-electron chi connectivity index (χ3n) is 5.98. The molecule has 1 aliphatic heterocycles. The summed E-state index contributed by atoms with van der Waals surface area (Å²) in [6.45, 7) is 4.49. The van der Waals surface area contributed by atoms with E-state index in [1.807, 2.05) is 6.07 Å². The summed E-state index contributed by atoms with van der Waals surface area (Å²) in [5, 5.41) is 21.3. The van der Waals surface area contributed by atoms with Crippen molar-refractivity contribution in [2.75, 3.05) is 19.6 Å². The summed E-state index contributed by atoms with van der Waals surface area (Å²) in [5.74, 6) is 0. The van der Waals surface area contributed by atoms with Crippen molar-refractivity contribution >= 4 is 17.4 Å². The molecule has 1 saturated carbocycles. The molecule has 1 aromatic heterocycles. The largest absolute Gasteiger partial charge is 0.465 e. The fraction of sp³-hybridized carbons (Fsp3) is 0.684. The van der Waals surface area contributed by atoms with Crippen LogP contribution in [-0.4, -0.2) is 52.7 Å². The lowest BCUT2D eigenvalue weighted by molar-refractivity contribution is 0.102. The summed E-state index contributed by atoms with van der Waals surface area (Å²) < 4.78 is 0. The Balaban J connectivity index is 1.66. The normalized spacial score (nSPS) is 31.3. The van der Waals surface area contributed by atoms with E-state index in [4.69, 9.17) is 0 Å². The number of carbonyl (C=O) groups is 1. The predicted octanol–water partition coefficient (Wildman–Crippen LogP) is 3.92. The molecule has 0 bridgehead atoms. The van der Waals surface area contributed by atoms with Crippen molar-refractivity contribution in [3.63, 3.8) is 0 Å². The Labute approximate surface area is 153 Å². The summed E-state index contributed by atoms with van der Waals surface area (Å²) in [7, 11) is 0. The van der Waals surface area contributed by atoms with Gasteiger partial charge in [-0.3, -0.25) is 4.90 Å². The van der Waals surface area contributed by atoms with Gasteiger partial charge in [0.25, 0.3) is 0 Å². The van der Waals surface area contributed by atoms with Crippen molar-refractivity contribution in [2.45, 2.75) is 62.9 Å². The SMILES string of the molecule is CCC1CN(C2CCC(C#N)(c3cccs3)CC2)CCCN1C(=O)O. The van der Waals surface area contributed by atoms with Gasteiger partial charge in [0.1, 0.15) is 0 Å². The molecule has 1 atom stereocenters. The second kappa shape index (κ2) is 7.76. The molecular formula is C19H27N3O2S. The number of nitrogens with zero attached hydrogens (tertiary/aromatic N) is 3. The number of hydrogen-bond acceptors (Lipinski definition) is 4. The summed E-state index contributed by atoms with van der Waals surface area (Å²) in [6.07, 6.45) is 4.82. The first kappa shape index (κ1) is 18.2. The summed E-state index contributed by atoms with van der Waals surface area (Å²) >= 11 is 1.69. The van der Waals surface area contributed by atoms with Crippen molar-refractivity contribution in [1.82, 2.24) is 9.80 Å². The molecule has 0 radical (unpaired) electrons. The molecule has 2 heterocycles. The van der Waals surface area contributed by atoms with Crippen molar-refractivity contribution in [2.24, 2.45) is 0 Å². The fourth-order valence-corrected chi connectivity index (χ4v) is 5.38. The Kier molecular flexibility index (Phi) is 5.65. The molecule has 0 aromatic carbocycles. The Bertz CT molecular complexity index is 617. The van der Waals surface area contributed by atoms with Gasteiger partial charge in [0, 0.05) is 36.6 Å². The van der Waals surface area contributed by atoms with E-state index in [0.29, 0.717) is 12.6 Å². The molecule has 0 spiro atoms. The molecule has 1 saturated heterocycles. The highest BCUT2D eigenvalue weighted by Gasteiger charge is 2.40. The molecule has 2 aliphatic rings. The van der Waals surface area contributed by atoms with Gasteiger partial charge in [-0.25, -0.2) is 4.79 Å². The molecule has 2 fully saturated rings. The van der Waals surface area contributed by atoms with Gasteiger partial charge in [-0.1, -0.05) is 13.0 Å². The van der Waals surface area contributed by atoms with Crippen LogP contribution in [0.3, 0.4) is 0 Å². The maximum Gasteiger partial charge on any atom is 0.407 e. The summed E-state index contributed by atoms with van der Waals surface area (Å²) in [5.41, 5.74) is -0.312. The van der Waals surface area contributed by atoms with Crippen LogP contribution in [0.5, 0.6) is 0 Å². The maximum atomic E-state index is 11.5. The van der Waals surface area contributed by atoms with Crippen LogP contribution in [0.2, 0.25) is 0 Å². The first-order valence-corrected chi connectivity index (χ1v) is 10.2. The molecule has 1 aliphatic carbocycles. The van der Waals surface area contributed by atoms with E-state index in [2.05, 4.69) is 29.3 Å². The topological polar surface area (TPSA) is 67.6 Å². The van der Waals surface area contributed by atoms with E-state index >= 15 is 0 Å². The van der Waals surface area contributed by atoms with Gasteiger partial charge in [0.15, 0.2) is 0 Å². The molecule has 25 heavy (non-hydrogen) atoms. The monoisotopic (exact) mass is 361 g/mol. The number of thiophene rings is 1.